The van der Waals surface area contributed by atoms with E-state index in [0.29, 0.717) is 5.95 Å². The number of H-pyrrole nitrogens is 1. The molecule has 18 heavy (non-hydrogen) atoms. The van der Waals surface area contributed by atoms with Crippen molar-refractivity contribution in [1.82, 2.24) is 15.2 Å². The molecule has 0 fully saturated rings. The van der Waals surface area contributed by atoms with Gasteiger partial charge in [0.1, 0.15) is 5.75 Å². The van der Waals surface area contributed by atoms with Crippen molar-refractivity contribution in [2.24, 2.45) is 0 Å². The Balaban J connectivity index is 2.04. The number of hydrogen-bond donors (Lipinski definition) is 2. The Morgan fingerprint density at radius 3 is 2.72 bits per heavy atom. The van der Waals surface area contributed by atoms with Gasteiger partial charge in [0, 0.05) is 12.1 Å². The summed E-state index contributed by atoms with van der Waals surface area (Å²) in [5.41, 5.74) is 0.992. The summed E-state index contributed by atoms with van der Waals surface area (Å²) in [5.74, 6) is 2.24. The normalized spacial score (nSPS) is 10.3. The van der Waals surface area contributed by atoms with E-state index >= 15 is 0 Å². The van der Waals surface area contributed by atoms with Gasteiger partial charge in [-0.25, -0.2) is 0 Å². The molecule has 1 aromatic heterocycles. The van der Waals surface area contributed by atoms with Crippen LogP contribution in [-0.2, 0) is 0 Å². The Morgan fingerprint density at radius 2 is 2.06 bits per heavy atom. The van der Waals surface area contributed by atoms with Gasteiger partial charge in [0.25, 0.3) is 0 Å². The smallest absolute Gasteiger partial charge is 0.242 e. The van der Waals surface area contributed by atoms with Crippen molar-refractivity contribution < 1.29 is 4.74 Å². The molecular weight excluding hydrogens is 228 g/mol. The summed E-state index contributed by atoms with van der Waals surface area (Å²) < 4.78 is 5.12. The zero-order valence-electron chi connectivity index (χ0n) is 10.7. The van der Waals surface area contributed by atoms with E-state index in [4.69, 9.17) is 4.74 Å². The molecule has 5 nitrogen and oxygen atoms in total. The van der Waals surface area contributed by atoms with Gasteiger partial charge in [0.2, 0.25) is 5.95 Å². The Hall–Kier alpha value is -2.04. The summed E-state index contributed by atoms with van der Waals surface area (Å²) in [7, 11) is 1.65. The average molecular weight is 246 g/mol. The monoisotopic (exact) mass is 246 g/mol. The van der Waals surface area contributed by atoms with Crippen molar-refractivity contribution in [3.05, 3.63) is 24.3 Å². The molecule has 0 saturated carbocycles. The second-order valence-corrected chi connectivity index (χ2v) is 4.02. The maximum absolute atomic E-state index is 5.12. The molecule has 0 saturated heterocycles. The summed E-state index contributed by atoms with van der Waals surface area (Å²) in [6.07, 6.45) is 2.27. The highest BCUT2D eigenvalue weighted by atomic mass is 16.5. The zero-order valence-corrected chi connectivity index (χ0v) is 10.7. The lowest BCUT2D eigenvalue weighted by Crippen LogP contribution is -2.02. The number of rotatable bonds is 6. The van der Waals surface area contributed by atoms with E-state index in [0.717, 1.165) is 36.5 Å². The first-order chi connectivity index (χ1) is 8.83. The molecule has 0 spiro atoms. The van der Waals surface area contributed by atoms with Gasteiger partial charge in [0.15, 0.2) is 5.82 Å². The van der Waals surface area contributed by atoms with Crippen LogP contribution in [0, 0.1) is 0 Å². The van der Waals surface area contributed by atoms with Gasteiger partial charge in [-0.2, -0.15) is 4.98 Å². The highest BCUT2D eigenvalue weighted by Crippen LogP contribution is 2.19. The molecule has 2 N–H and O–H groups in total. The minimum absolute atomic E-state index is 0.647. The number of methoxy groups -OCH3 is 1. The first kappa shape index (κ1) is 12.4. The third-order valence-corrected chi connectivity index (χ3v) is 2.66. The maximum atomic E-state index is 5.12. The van der Waals surface area contributed by atoms with Crippen molar-refractivity contribution in [3.63, 3.8) is 0 Å². The van der Waals surface area contributed by atoms with Crippen LogP contribution in [0.1, 0.15) is 19.8 Å². The van der Waals surface area contributed by atoms with Crippen LogP contribution in [0.3, 0.4) is 0 Å². The number of anilines is 1. The number of aromatic nitrogens is 3. The summed E-state index contributed by atoms with van der Waals surface area (Å²) in [4.78, 5) is 4.39. The van der Waals surface area contributed by atoms with Gasteiger partial charge in [-0.3, -0.25) is 5.10 Å². The second kappa shape index (κ2) is 6.05. The molecule has 0 aliphatic heterocycles. The SMILES string of the molecule is CCCCNc1n[nH]c(-c2ccc(OC)cc2)n1. The Morgan fingerprint density at radius 1 is 1.28 bits per heavy atom. The Labute approximate surface area is 107 Å². The van der Waals surface area contributed by atoms with E-state index in [9.17, 15) is 0 Å². The predicted molar refractivity (Wildman–Crippen MR) is 71.8 cm³/mol. The van der Waals surface area contributed by atoms with E-state index in [2.05, 4.69) is 27.4 Å². The number of nitrogens with one attached hydrogen (secondary N) is 2. The maximum Gasteiger partial charge on any atom is 0.242 e. The molecule has 0 amide bonds. The number of unbranched alkanes of at least 4 members (excludes halogenated alkanes) is 1. The molecule has 1 aromatic carbocycles. The van der Waals surface area contributed by atoms with Crippen molar-refractivity contribution in [3.8, 4) is 17.1 Å². The number of benzene rings is 1. The fourth-order valence-electron chi connectivity index (χ4n) is 1.60. The van der Waals surface area contributed by atoms with Gasteiger partial charge in [0.05, 0.1) is 7.11 Å². The van der Waals surface area contributed by atoms with Crippen LogP contribution in [-0.4, -0.2) is 28.8 Å². The molecule has 0 radical (unpaired) electrons. The van der Waals surface area contributed by atoms with E-state index in [1.807, 2.05) is 24.3 Å². The summed E-state index contributed by atoms with van der Waals surface area (Å²) >= 11 is 0. The first-order valence-electron chi connectivity index (χ1n) is 6.14. The van der Waals surface area contributed by atoms with Crippen molar-refractivity contribution in [2.45, 2.75) is 19.8 Å². The molecule has 96 valence electrons. The van der Waals surface area contributed by atoms with Gasteiger partial charge < -0.3 is 10.1 Å². The van der Waals surface area contributed by atoms with Crippen LogP contribution in [0.4, 0.5) is 5.95 Å². The minimum Gasteiger partial charge on any atom is -0.497 e. The lowest BCUT2D eigenvalue weighted by atomic mass is 10.2. The predicted octanol–water partition coefficient (Wildman–Crippen LogP) is 2.69. The Bertz CT molecular complexity index is 478. The fraction of sp³-hybridized carbons (Fsp3) is 0.385. The molecule has 2 rings (SSSR count). The molecule has 0 atom stereocenters. The van der Waals surface area contributed by atoms with Gasteiger partial charge in [-0.15, -0.1) is 5.10 Å². The van der Waals surface area contributed by atoms with Gasteiger partial charge in [-0.05, 0) is 30.7 Å². The lowest BCUT2D eigenvalue weighted by molar-refractivity contribution is 0.415. The van der Waals surface area contributed by atoms with E-state index in [1.165, 1.54) is 0 Å². The van der Waals surface area contributed by atoms with Crippen LogP contribution in [0.15, 0.2) is 24.3 Å². The number of aromatic amines is 1. The standard InChI is InChI=1S/C13H18N4O/c1-3-4-9-14-13-15-12(16-17-13)10-5-7-11(18-2)8-6-10/h5-8H,3-4,9H2,1-2H3,(H2,14,15,16,17). The highest BCUT2D eigenvalue weighted by Gasteiger charge is 2.04. The third-order valence-electron chi connectivity index (χ3n) is 2.66. The first-order valence-corrected chi connectivity index (χ1v) is 6.14. The van der Waals surface area contributed by atoms with E-state index in [-0.39, 0.29) is 0 Å². The van der Waals surface area contributed by atoms with Gasteiger partial charge >= 0.3 is 0 Å². The van der Waals surface area contributed by atoms with Crippen LogP contribution in [0.2, 0.25) is 0 Å². The van der Waals surface area contributed by atoms with Crippen LogP contribution < -0.4 is 10.1 Å². The Kier molecular flexibility index (Phi) is 4.17. The number of nitrogens with zero attached hydrogens (tertiary/aromatic N) is 2. The third kappa shape index (κ3) is 3.00. The van der Waals surface area contributed by atoms with Crippen LogP contribution in [0.5, 0.6) is 5.75 Å². The van der Waals surface area contributed by atoms with Crippen molar-refractivity contribution in [1.29, 1.82) is 0 Å². The topological polar surface area (TPSA) is 62.8 Å². The molecule has 5 heteroatoms. The molecular formula is C13H18N4O. The van der Waals surface area contributed by atoms with Crippen molar-refractivity contribution in [2.75, 3.05) is 19.0 Å². The van der Waals surface area contributed by atoms with E-state index < -0.39 is 0 Å². The number of ether oxygens (including phenoxy) is 1. The second-order valence-electron chi connectivity index (χ2n) is 4.02. The molecule has 0 aliphatic carbocycles. The zero-order chi connectivity index (χ0) is 12.8. The summed E-state index contributed by atoms with van der Waals surface area (Å²) in [5, 5.41) is 10.2. The highest BCUT2D eigenvalue weighted by molar-refractivity contribution is 5.57. The molecule has 0 aliphatic rings. The molecule has 2 aromatic rings. The lowest BCUT2D eigenvalue weighted by Gasteiger charge is -2.00. The largest absolute Gasteiger partial charge is 0.497 e. The van der Waals surface area contributed by atoms with Gasteiger partial charge in [-0.1, -0.05) is 13.3 Å². The average Bonchev–Trinajstić information content (AvgIpc) is 2.88. The minimum atomic E-state index is 0.647. The van der Waals surface area contributed by atoms with E-state index in [1.54, 1.807) is 7.11 Å². The van der Waals surface area contributed by atoms with Crippen LogP contribution >= 0.6 is 0 Å². The molecule has 0 unspecified atom stereocenters. The van der Waals surface area contributed by atoms with Crippen molar-refractivity contribution >= 4 is 5.95 Å². The summed E-state index contributed by atoms with van der Waals surface area (Å²) in [6.45, 7) is 3.05. The number of hydrogen-bond acceptors (Lipinski definition) is 4. The van der Waals surface area contributed by atoms with Crippen LogP contribution in [0.25, 0.3) is 11.4 Å². The fourth-order valence-corrected chi connectivity index (χ4v) is 1.60. The molecule has 0 bridgehead atoms. The quantitative estimate of drug-likeness (QED) is 0.769. The summed E-state index contributed by atoms with van der Waals surface area (Å²) in [6, 6.07) is 7.72. The molecule has 1 heterocycles.